The van der Waals surface area contributed by atoms with Crippen molar-refractivity contribution in [2.45, 2.75) is 32.9 Å². The molecule has 0 bridgehead atoms. The predicted octanol–water partition coefficient (Wildman–Crippen LogP) is 2.34. The molecule has 1 amide bonds. The van der Waals surface area contributed by atoms with Crippen molar-refractivity contribution in [1.82, 2.24) is 10.2 Å². The first-order valence-electron chi connectivity index (χ1n) is 7.17. The smallest absolute Gasteiger partial charge is 0.223 e. The Balaban J connectivity index is 2.22. The fourth-order valence-electron chi connectivity index (χ4n) is 2.69. The van der Waals surface area contributed by atoms with Gasteiger partial charge in [0, 0.05) is 31.1 Å². The molecule has 110 valence electrons. The van der Waals surface area contributed by atoms with Gasteiger partial charge in [-0.2, -0.15) is 0 Å². The highest BCUT2D eigenvalue weighted by Gasteiger charge is 2.27. The van der Waals surface area contributed by atoms with Gasteiger partial charge in [0.05, 0.1) is 7.11 Å². The summed E-state index contributed by atoms with van der Waals surface area (Å²) >= 11 is 0. The van der Waals surface area contributed by atoms with Crippen LogP contribution in [0.15, 0.2) is 18.2 Å². The average molecular weight is 276 g/mol. The number of ether oxygens (including phenoxy) is 1. The zero-order valence-electron chi connectivity index (χ0n) is 12.8. The van der Waals surface area contributed by atoms with Gasteiger partial charge in [-0.15, -0.1) is 0 Å². The zero-order chi connectivity index (χ0) is 14.7. The first-order chi connectivity index (χ1) is 9.55. The van der Waals surface area contributed by atoms with Crippen LogP contribution in [0.1, 0.15) is 37.4 Å². The number of carbonyl (C=O) groups is 1. The average Bonchev–Trinajstić information content (AvgIpc) is 2.76. The lowest BCUT2D eigenvalue weighted by atomic mass is 10.0. The van der Waals surface area contributed by atoms with E-state index in [2.05, 4.69) is 31.3 Å². The van der Waals surface area contributed by atoms with Gasteiger partial charge in [0.25, 0.3) is 0 Å². The van der Waals surface area contributed by atoms with Crippen LogP contribution in [0.5, 0.6) is 5.75 Å². The molecule has 1 saturated heterocycles. The molecule has 1 aliphatic rings. The Morgan fingerprint density at radius 3 is 2.80 bits per heavy atom. The van der Waals surface area contributed by atoms with E-state index in [4.69, 9.17) is 4.74 Å². The molecule has 1 aromatic rings. The van der Waals surface area contributed by atoms with Crippen molar-refractivity contribution in [3.8, 4) is 5.75 Å². The summed E-state index contributed by atoms with van der Waals surface area (Å²) in [6, 6.07) is 6.48. The molecule has 0 radical (unpaired) electrons. The molecule has 0 saturated carbocycles. The van der Waals surface area contributed by atoms with E-state index >= 15 is 0 Å². The Morgan fingerprint density at radius 2 is 2.25 bits per heavy atom. The van der Waals surface area contributed by atoms with Crippen molar-refractivity contribution >= 4 is 5.91 Å². The molecule has 1 aromatic carbocycles. The van der Waals surface area contributed by atoms with E-state index in [0.29, 0.717) is 18.9 Å². The van der Waals surface area contributed by atoms with Gasteiger partial charge in [0.2, 0.25) is 5.91 Å². The maximum absolute atomic E-state index is 11.9. The second-order valence-corrected chi connectivity index (χ2v) is 5.67. The predicted molar refractivity (Wildman–Crippen MR) is 79.7 cm³/mol. The van der Waals surface area contributed by atoms with Crippen LogP contribution in [0.3, 0.4) is 0 Å². The third kappa shape index (κ3) is 3.12. The number of hydrogen-bond acceptors (Lipinski definition) is 3. The van der Waals surface area contributed by atoms with E-state index < -0.39 is 0 Å². The Labute approximate surface area is 121 Å². The monoisotopic (exact) mass is 276 g/mol. The molecule has 2 atom stereocenters. The van der Waals surface area contributed by atoms with Crippen molar-refractivity contribution in [3.63, 3.8) is 0 Å². The second-order valence-electron chi connectivity index (χ2n) is 5.67. The van der Waals surface area contributed by atoms with Gasteiger partial charge in [0.1, 0.15) is 5.75 Å². The normalized spacial score (nSPS) is 20.3. The number of nitrogens with zero attached hydrogens (tertiary/aromatic N) is 1. The van der Waals surface area contributed by atoms with Gasteiger partial charge in [0.15, 0.2) is 0 Å². The lowest BCUT2D eigenvalue weighted by Crippen LogP contribution is -2.25. The molecule has 4 nitrogen and oxygen atoms in total. The maximum atomic E-state index is 11.9. The molecule has 1 fully saturated rings. The molecule has 20 heavy (non-hydrogen) atoms. The van der Waals surface area contributed by atoms with Crippen LogP contribution in [0.25, 0.3) is 0 Å². The molecule has 1 N–H and O–H groups in total. The standard InChI is InChI=1S/C16H24N2O2/c1-11-7-16(19)18(9-11)10-14-8-13(12(2)17-3)5-6-15(14)20-4/h5-6,8,11-12,17H,7,9-10H2,1-4H3. The van der Waals surface area contributed by atoms with E-state index in [9.17, 15) is 4.79 Å². The van der Waals surface area contributed by atoms with Crippen LogP contribution >= 0.6 is 0 Å². The summed E-state index contributed by atoms with van der Waals surface area (Å²) in [5.41, 5.74) is 2.29. The number of nitrogens with one attached hydrogen (secondary N) is 1. The minimum absolute atomic E-state index is 0.242. The highest BCUT2D eigenvalue weighted by atomic mass is 16.5. The third-order valence-corrected chi connectivity index (χ3v) is 4.01. The zero-order valence-corrected chi connectivity index (χ0v) is 12.8. The molecular weight excluding hydrogens is 252 g/mol. The number of likely N-dealkylation sites (tertiary alicyclic amines) is 1. The van der Waals surface area contributed by atoms with Crippen LogP contribution < -0.4 is 10.1 Å². The van der Waals surface area contributed by atoms with Crippen molar-refractivity contribution < 1.29 is 9.53 Å². The summed E-state index contributed by atoms with van der Waals surface area (Å²) in [5.74, 6) is 1.55. The Kier molecular flexibility index (Phi) is 4.65. The van der Waals surface area contributed by atoms with Crippen molar-refractivity contribution in [3.05, 3.63) is 29.3 Å². The summed E-state index contributed by atoms with van der Waals surface area (Å²) in [7, 11) is 3.62. The van der Waals surface area contributed by atoms with E-state index in [1.54, 1.807) is 7.11 Å². The fourth-order valence-corrected chi connectivity index (χ4v) is 2.69. The second kappa shape index (κ2) is 6.27. The molecule has 1 heterocycles. The first kappa shape index (κ1) is 14.9. The van der Waals surface area contributed by atoms with E-state index in [-0.39, 0.29) is 11.9 Å². The van der Waals surface area contributed by atoms with Gasteiger partial charge >= 0.3 is 0 Å². The number of hydrogen-bond donors (Lipinski definition) is 1. The Bertz CT molecular complexity index is 487. The largest absolute Gasteiger partial charge is 0.496 e. The summed E-state index contributed by atoms with van der Waals surface area (Å²) in [6.07, 6.45) is 0.662. The van der Waals surface area contributed by atoms with E-state index in [1.165, 1.54) is 5.56 Å². The number of amides is 1. The highest BCUT2D eigenvalue weighted by molar-refractivity contribution is 5.78. The van der Waals surface area contributed by atoms with Crippen molar-refractivity contribution in [2.24, 2.45) is 5.92 Å². The van der Waals surface area contributed by atoms with Crippen molar-refractivity contribution in [2.75, 3.05) is 20.7 Å². The molecule has 1 aliphatic heterocycles. The molecule has 0 aromatic heterocycles. The summed E-state index contributed by atoms with van der Waals surface area (Å²) in [6.45, 7) is 5.72. The molecule has 0 spiro atoms. The van der Waals surface area contributed by atoms with Crippen LogP contribution in [-0.4, -0.2) is 31.5 Å². The highest BCUT2D eigenvalue weighted by Crippen LogP contribution is 2.27. The Morgan fingerprint density at radius 1 is 1.50 bits per heavy atom. The van der Waals surface area contributed by atoms with Crippen LogP contribution in [0.4, 0.5) is 0 Å². The maximum Gasteiger partial charge on any atom is 0.223 e. The lowest BCUT2D eigenvalue weighted by molar-refractivity contribution is -0.128. The summed E-state index contributed by atoms with van der Waals surface area (Å²) in [4.78, 5) is 13.9. The molecule has 2 unspecified atom stereocenters. The topological polar surface area (TPSA) is 41.6 Å². The third-order valence-electron chi connectivity index (χ3n) is 4.01. The van der Waals surface area contributed by atoms with E-state index in [0.717, 1.165) is 17.9 Å². The number of methoxy groups -OCH3 is 1. The van der Waals surface area contributed by atoms with Crippen LogP contribution in [-0.2, 0) is 11.3 Å². The van der Waals surface area contributed by atoms with Gasteiger partial charge in [-0.25, -0.2) is 0 Å². The molecule has 2 rings (SSSR count). The quantitative estimate of drug-likeness (QED) is 0.897. The minimum Gasteiger partial charge on any atom is -0.496 e. The van der Waals surface area contributed by atoms with E-state index in [1.807, 2.05) is 18.0 Å². The van der Waals surface area contributed by atoms with Crippen LogP contribution in [0, 0.1) is 5.92 Å². The number of benzene rings is 1. The fraction of sp³-hybridized carbons (Fsp3) is 0.562. The number of carbonyl (C=O) groups excluding carboxylic acids is 1. The SMILES string of the molecule is CNC(C)c1ccc(OC)c(CN2CC(C)CC2=O)c1. The van der Waals surface area contributed by atoms with Gasteiger partial charge < -0.3 is 15.0 Å². The van der Waals surface area contributed by atoms with Crippen LogP contribution in [0.2, 0.25) is 0 Å². The summed E-state index contributed by atoms with van der Waals surface area (Å²) < 4.78 is 5.43. The first-order valence-corrected chi connectivity index (χ1v) is 7.17. The minimum atomic E-state index is 0.242. The van der Waals surface area contributed by atoms with Gasteiger partial charge in [-0.05, 0) is 37.6 Å². The molecule has 0 aliphatic carbocycles. The molecular formula is C16H24N2O2. The number of rotatable bonds is 5. The van der Waals surface area contributed by atoms with Gasteiger partial charge in [-0.1, -0.05) is 13.0 Å². The molecule has 4 heteroatoms. The van der Waals surface area contributed by atoms with Crippen molar-refractivity contribution in [1.29, 1.82) is 0 Å². The lowest BCUT2D eigenvalue weighted by Gasteiger charge is -2.20. The van der Waals surface area contributed by atoms with Gasteiger partial charge in [-0.3, -0.25) is 4.79 Å². The summed E-state index contributed by atoms with van der Waals surface area (Å²) in [5, 5.41) is 3.23. The Hall–Kier alpha value is -1.55.